The Morgan fingerprint density at radius 2 is 0.635 bits per heavy atom. The zero-order valence-corrected chi connectivity index (χ0v) is 66.5. The minimum atomic E-state index is -4.43. The van der Waals surface area contributed by atoms with Crippen LogP contribution in [0, 0.1) is 41.5 Å². The zero-order chi connectivity index (χ0) is 83.9. The molecule has 12 rings (SSSR count). The summed E-state index contributed by atoms with van der Waals surface area (Å²) in [6.07, 6.45) is 0.186. The summed E-state index contributed by atoms with van der Waals surface area (Å²) >= 11 is 0. The molecule has 3 aromatic heterocycles. The third-order valence-corrected chi connectivity index (χ3v) is 21.3. The van der Waals surface area contributed by atoms with Crippen LogP contribution in [0.25, 0.3) is 65.4 Å². The molecule has 3 N–H and O–H groups in total. The molecule has 0 spiro atoms. The Morgan fingerprint density at radius 1 is 0.330 bits per heavy atom. The molecular formula is C83H79N3O26S3. The molecule has 600 valence electrons. The van der Waals surface area contributed by atoms with Crippen LogP contribution in [0.3, 0.4) is 0 Å². The van der Waals surface area contributed by atoms with Gasteiger partial charge in [-0.2, -0.15) is 13.7 Å². The summed E-state index contributed by atoms with van der Waals surface area (Å²) in [6.45, 7) is 10.5. The van der Waals surface area contributed by atoms with Gasteiger partial charge in [-0.05, 0) is 166 Å². The number of carboxylic acid groups (broad SMARTS) is 3. The number of hydrogen-bond acceptors (Lipinski definition) is 23. The van der Waals surface area contributed by atoms with Crippen LogP contribution in [0.15, 0.2) is 152 Å². The summed E-state index contributed by atoms with van der Waals surface area (Å²) in [7, 11) is -5.81. The zero-order valence-electron chi connectivity index (χ0n) is 64.1. The standard InChI is InChI=1S/2C28H27NO9S.C27H25NO8S/c1-16-12-18(27(30)31)13-17(2)26(16)38-28(32)25-21-14-19(36-3)6-8-23(21)29(10-5-11-39(33,34)35)24-9-7-20(37-4)15-22(24)25;1-16-12-18(27(30)31)13-17(2)26(16)38-28(32)24-20-8-5-6-9-22(20)29(10-7-11-39(33,34)35)25-21(24)14-19(36-3)15-23(25)37-4;1-16-14-18(26(29)30)15-17(2)25(16)36-27(31)23-19-8-4-5-10-21(19)28(12-7-13-37(32,33)34)24-20(23)9-6-11-22(24)35-3/h6-9,12-15H,5,10-11H2,1-4H3,(H-,30,31,33,34,35);5-6,8-9,12-15H,7,10-11H2,1-4H3,(H-,30,31,33,34,35);4-6,8-11,14-15H,7,12-13H2,1-3H3,(H-,29,30,32,33,34). The Labute approximate surface area is 660 Å². The van der Waals surface area contributed by atoms with Crippen LogP contribution in [-0.2, 0) is 50.0 Å². The third kappa shape index (κ3) is 19.3. The van der Waals surface area contributed by atoms with Crippen molar-refractivity contribution < 1.29 is 135 Å². The molecule has 0 aliphatic carbocycles. The fourth-order valence-corrected chi connectivity index (χ4v) is 15.4. The lowest BCUT2D eigenvalue weighted by atomic mass is 10.0. The number of ether oxygens (including phenoxy) is 8. The largest absolute Gasteiger partial charge is 0.748 e. The van der Waals surface area contributed by atoms with Gasteiger partial charge in [0.2, 0.25) is 22.1 Å². The van der Waals surface area contributed by atoms with Gasteiger partial charge in [0.15, 0.2) is 31.1 Å². The molecule has 0 fully saturated rings. The number of hydrogen-bond donors (Lipinski definition) is 3. The van der Waals surface area contributed by atoms with E-state index in [-0.39, 0.29) is 89.5 Å². The lowest BCUT2D eigenvalue weighted by Gasteiger charge is -2.16. The van der Waals surface area contributed by atoms with E-state index in [4.69, 9.17) is 37.9 Å². The summed E-state index contributed by atoms with van der Waals surface area (Å²) in [4.78, 5) is 75.8. The van der Waals surface area contributed by atoms with Gasteiger partial charge in [-0.1, -0.05) is 30.3 Å². The van der Waals surface area contributed by atoms with Crippen molar-refractivity contribution in [2.45, 2.75) is 80.4 Å². The Kier molecular flexibility index (Phi) is 26.1. The van der Waals surface area contributed by atoms with Crippen molar-refractivity contribution in [1.82, 2.24) is 0 Å². The molecule has 0 amide bonds. The first-order valence-electron chi connectivity index (χ1n) is 35.3. The molecule has 0 saturated carbocycles. The monoisotopic (exact) mass is 1630 g/mol. The number of para-hydroxylation sites is 3. The van der Waals surface area contributed by atoms with E-state index in [0.29, 0.717) is 128 Å². The summed E-state index contributed by atoms with van der Waals surface area (Å²) < 4.78 is 152. The van der Waals surface area contributed by atoms with E-state index in [1.165, 1.54) is 71.9 Å². The van der Waals surface area contributed by atoms with E-state index in [0.717, 1.165) is 0 Å². The van der Waals surface area contributed by atoms with E-state index >= 15 is 0 Å². The predicted molar refractivity (Wildman–Crippen MR) is 419 cm³/mol. The van der Waals surface area contributed by atoms with E-state index < -0.39 is 83.4 Å². The highest BCUT2D eigenvalue weighted by Crippen LogP contribution is 2.39. The molecule has 9 aromatic carbocycles. The Balaban J connectivity index is 0.000000182. The number of aromatic carboxylic acids is 3. The smallest absolute Gasteiger partial charge is 0.345 e. The summed E-state index contributed by atoms with van der Waals surface area (Å²) in [5.41, 5.74) is 7.34. The third-order valence-electron chi connectivity index (χ3n) is 18.9. The van der Waals surface area contributed by atoms with Gasteiger partial charge < -0.3 is 66.9 Å². The van der Waals surface area contributed by atoms with E-state index in [2.05, 4.69) is 0 Å². The highest BCUT2D eigenvalue weighted by molar-refractivity contribution is 7.86. The maximum absolute atomic E-state index is 13.9. The van der Waals surface area contributed by atoms with Crippen LogP contribution in [0.2, 0.25) is 0 Å². The molecular weight excluding hydrogens is 1550 g/mol. The van der Waals surface area contributed by atoms with Gasteiger partial charge in [-0.15, -0.1) is 0 Å². The number of carbonyl (C=O) groups is 6. The van der Waals surface area contributed by atoms with Crippen LogP contribution in [0.1, 0.15) is 115 Å². The van der Waals surface area contributed by atoms with Gasteiger partial charge in [0.1, 0.15) is 34.5 Å². The normalized spacial score (nSPS) is 11.5. The topological polar surface area (TPSA) is 420 Å². The SMILES string of the molecule is COc1cc(OC)c2c(c1)c(C(=O)Oc1c(C)cc(C(=O)O)cc1C)c1ccccc1[n+]2CCCS(=O)(=O)[O-].COc1ccc2c(c1)c(C(=O)Oc1c(C)cc(C(=O)O)cc1C)c1cc(OC)ccc1[n+]2CCCS(=O)(=O)[O-].COc1cccc2c(C(=O)Oc3c(C)cc(C(=O)O)cc3C)c3ccccc3[n+](CCCS(=O)(=O)[O-])c12. The van der Waals surface area contributed by atoms with Crippen LogP contribution < -0.4 is 51.6 Å². The molecule has 29 nitrogen and oxygen atoms in total. The van der Waals surface area contributed by atoms with Crippen LogP contribution in [-0.4, -0.2) is 143 Å². The fourth-order valence-electron chi connectivity index (χ4n) is 14.0. The number of aromatic nitrogens is 3. The van der Waals surface area contributed by atoms with Crippen LogP contribution >= 0.6 is 0 Å². The molecule has 0 aliphatic rings. The highest BCUT2D eigenvalue weighted by Gasteiger charge is 2.34. The van der Waals surface area contributed by atoms with Crippen LogP contribution in [0.5, 0.6) is 46.0 Å². The average Bonchev–Trinajstić information content (AvgIpc) is 0.747. The fraction of sp³-hybridized carbons (Fsp3) is 0.241. The number of rotatable bonds is 26. The predicted octanol–water partition coefficient (Wildman–Crippen LogP) is 11.3. The van der Waals surface area contributed by atoms with Crippen molar-refractivity contribution in [3.63, 3.8) is 0 Å². The Bertz CT molecular complexity index is 6110. The molecule has 0 unspecified atom stereocenters. The van der Waals surface area contributed by atoms with Crippen molar-refractivity contribution >= 4 is 132 Å². The molecule has 115 heavy (non-hydrogen) atoms. The maximum atomic E-state index is 13.9. The van der Waals surface area contributed by atoms with Crippen molar-refractivity contribution in [3.05, 3.63) is 218 Å². The Morgan fingerprint density at radius 3 is 0.974 bits per heavy atom. The number of carbonyl (C=O) groups excluding carboxylic acids is 3. The highest BCUT2D eigenvalue weighted by atomic mass is 32.2. The molecule has 0 aliphatic heterocycles. The van der Waals surface area contributed by atoms with Crippen molar-refractivity contribution in [2.75, 3.05) is 52.8 Å². The summed E-state index contributed by atoms with van der Waals surface area (Å²) in [5, 5.41) is 31.0. The van der Waals surface area contributed by atoms with Crippen LogP contribution in [0.4, 0.5) is 0 Å². The quantitative estimate of drug-likeness (QED) is 0.0149. The summed E-state index contributed by atoms with van der Waals surface area (Å²) in [6, 6.07) is 41.6. The maximum Gasteiger partial charge on any atom is 0.345 e. The lowest BCUT2D eigenvalue weighted by Crippen LogP contribution is -2.38. The number of esters is 3. The number of methoxy groups -OCH3 is 5. The van der Waals surface area contributed by atoms with Gasteiger partial charge in [-0.3, -0.25) is 0 Å². The second kappa shape index (κ2) is 35.3. The summed E-state index contributed by atoms with van der Waals surface area (Å²) in [5.74, 6) is -3.93. The second-order valence-corrected chi connectivity index (χ2v) is 31.3. The number of aryl methyl sites for hydroxylation is 9. The van der Waals surface area contributed by atoms with E-state index in [1.54, 1.807) is 157 Å². The molecule has 0 radical (unpaired) electrons. The van der Waals surface area contributed by atoms with Crippen molar-refractivity contribution in [2.24, 2.45) is 0 Å². The van der Waals surface area contributed by atoms with E-state index in [9.17, 15) is 83.0 Å². The number of pyridine rings is 3. The van der Waals surface area contributed by atoms with Gasteiger partial charge in [0.05, 0.1) is 132 Å². The molecule has 0 saturated heterocycles. The Hall–Kier alpha value is -12.5. The first-order chi connectivity index (χ1) is 54.4. The van der Waals surface area contributed by atoms with Gasteiger partial charge in [0, 0.05) is 66.9 Å². The lowest BCUT2D eigenvalue weighted by molar-refractivity contribution is -0.645. The first-order valence-corrected chi connectivity index (χ1v) is 40.1. The molecule has 12 aromatic rings. The minimum Gasteiger partial charge on any atom is -0.748 e. The van der Waals surface area contributed by atoms with Crippen molar-refractivity contribution in [3.8, 4) is 46.0 Å². The molecule has 0 atom stereocenters. The second-order valence-electron chi connectivity index (χ2n) is 26.7. The first kappa shape index (κ1) is 85.0. The van der Waals surface area contributed by atoms with Gasteiger partial charge in [-0.25, -0.2) is 54.0 Å². The van der Waals surface area contributed by atoms with Gasteiger partial charge >= 0.3 is 35.8 Å². The number of benzene rings is 9. The van der Waals surface area contributed by atoms with E-state index in [1.807, 2.05) is 13.7 Å². The number of nitrogens with zero attached hydrogens (tertiary/aromatic N) is 3. The van der Waals surface area contributed by atoms with Gasteiger partial charge in [0.25, 0.3) is 11.0 Å². The number of carboxylic acids is 3. The number of fused-ring (bicyclic) bond motifs is 6. The molecule has 32 heteroatoms. The minimum absolute atomic E-state index is 0.0445. The molecule has 3 heterocycles. The average molecular weight is 1630 g/mol. The van der Waals surface area contributed by atoms with Crippen molar-refractivity contribution in [1.29, 1.82) is 0 Å². The molecule has 0 bridgehead atoms.